The summed E-state index contributed by atoms with van der Waals surface area (Å²) < 4.78 is 36.1. The molecular weight excluding hydrogens is 414 g/mol. The van der Waals surface area contributed by atoms with Gasteiger partial charge in [-0.1, -0.05) is 90.0 Å². The maximum Gasteiger partial charge on any atom is 0.306 e. The molecule has 0 heterocycles. The molecule has 6 heteroatoms. The summed E-state index contributed by atoms with van der Waals surface area (Å²) in [6, 6.07) is 3.30. The Balaban J connectivity index is 1.90. The van der Waals surface area contributed by atoms with Gasteiger partial charge in [0.05, 0.1) is 19.4 Å². The first-order valence-electron chi connectivity index (χ1n) is 12.3. The van der Waals surface area contributed by atoms with E-state index in [-0.39, 0.29) is 19.4 Å². The Morgan fingerprint density at radius 3 is 1.72 bits per heavy atom. The summed E-state index contributed by atoms with van der Waals surface area (Å²) in [5, 5.41) is 0. The highest BCUT2D eigenvalue weighted by molar-refractivity contribution is 5.77. The van der Waals surface area contributed by atoms with Crippen molar-refractivity contribution in [1.82, 2.24) is 0 Å². The van der Waals surface area contributed by atoms with Crippen LogP contribution < -0.4 is 0 Å². The highest BCUT2D eigenvalue weighted by atomic mass is 19.2. The Hall–Kier alpha value is -1.98. The Bertz CT molecular complexity index is 649. The van der Waals surface area contributed by atoms with Crippen LogP contribution in [0.1, 0.15) is 109 Å². The third-order valence-corrected chi connectivity index (χ3v) is 5.43. The van der Waals surface area contributed by atoms with Crippen LogP contribution in [-0.4, -0.2) is 18.5 Å². The quantitative estimate of drug-likeness (QED) is 0.161. The molecule has 0 spiro atoms. The van der Waals surface area contributed by atoms with Gasteiger partial charge in [-0.3, -0.25) is 9.59 Å². The monoisotopic (exact) mass is 454 g/mol. The predicted molar refractivity (Wildman–Crippen MR) is 122 cm³/mol. The second-order valence-electron chi connectivity index (χ2n) is 8.37. The lowest BCUT2D eigenvalue weighted by Gasteiger charge is -2.07. The fourth-order valence-electron chi connectivity index (χ4n) is 3.45. The molecule has 0 amide bonds. The van der Waals surface area contributed by atoms with E-state index in [0.717, 1.165) is 31.4 Å². The number of hydrogen-bond acceptors (Lipinski definition) is 4. The molecular formula is C26H40F2O4. The number of carbonyl (C=O) groups is 2. The van der Waals surface area contributed by atoms with Crippen molar-refractivity contribution in [2.45, 2.75) is 110 Å². The van der Waals surface area contributed by atoms with Crippen molar-refractivity contribution in [3.63, 3.8) is 0 Å². The third-order valence-electron chi connectivity index (χ3n) is 5.43. The first kappa shape index (κ1) is 28.1. The zero-order valence-electron chi connectivity index (χ0n) is 19.6. The molecule has 1 aromatic carbocycles. The highest BCUT2D eigenvalue weighted by Crippen LogP contribution is 2.13. The number of ether oxygens (including phenoxy) is 2. The van der Waals surface area contributed by atoms with Gasteiger partial charge in [-0.05, 0) is 24.1 Å². The van der Waals surface area contributed by atoms with E-state index in [9.17, 15) is 18.4 Å². The number of esters is 2. The first-order valence-corrected chi connectivity index (χ1v) is 12.3. The maximum absolute atomic E-state index is 13.1. The molecule has 0 aliphatic rings. The fraction of sp³-hybridized carbons (Fsp3) is 0.692. The average Bonchev–Trinajstić information content (AvgIpc) is 2.78. The van der Waals surface area contributed by atoms with Gasteiger partial charge in [0.15, 0.2) is 11.6 Å². The van der Waals surface area contributed by atoms with Crippen molar-refractivity contribution < 1.29 is 27.8 Å². The van der Waals surface area contributed by atoms with Gasteiger partial charge in [0.25, 0.3) is 0 Å². The van der Waals surface area contributed by atoms with Gasteiger partial charge in [0.2, 0.25) is 0 Å². The summed E-state index contributed by atoms with van der Waals surface area (Å²) in [5.74, 6) is -2.94. The average molecular weight is 455 g/mol. The molecule has 0 bridgehead atoms. The maximum atomic E-state index is 13.1. The van der Waals surface area contributed by atoms with Crippen LogP contribution in [0, 0.1) is 11.6 Å². The smallest absolute Gasteiger partial charge is 0.306 e. The zero-order valence-corrected chi connectivity index (χ0v) is 19.6. The number of rotatable bonds is 19. The van der Waals surface area contributed by atoms with E-state index < -0.39 is 23.6 Å². The van der Waals surface area contributed by atoms with E-state index in [4.69, 9.17) is 9.47 Å². The van der Waals surface area contributed by atoms with Crippen LogP contribution in [0.3, 0.4) is 0 Å². The van der Waals surface area contributed by atoms with Crippen molar-refractivity contribution in [3.8, 4) is 0 Å². The predicted octanol–water partition coefficient (Wildman–Crippen LogP) is 7.42. The van der Waals surface area contributed by atoms with E-state index in [1.165, 1.54) is 70.3 Å². The van der Waals surface area contributed by atoms with Gasteiger partial charge in [0.1, 0.15) is 6.61 Å². The van der Waals surface area contributed by atoms with Crippen molar-refractivity contribution >= 4 is 11.9 Å². The van der Waals surface area contributed by atoms with Crippen LogP contribution in [0.25, 0.3) is 0 Å². The van der Waals surface area contributed by atoms with Crippen LogP contribution in [0.2, 0.25) is 0 Å². The molecule has 1 rings (SSSR count). The molecule has 0 unspecified atom stereocenters. The Morgan fingerprint density at radius 1 is 0.688 bits per heavy atom. The van der Waals surface area contributed by atoms with Crippen molar-refractivity contribution in [2.75, 3.05) is 6.61 Å². The van der Waals surface area contributed by atoms with Crippen LogP contribution >= 0.6 is 0 Å². The number of carbonyl (C=O) groups excluding carboxylic acids is 2. The lowest BCUT2D eigenvalue weighted by atomic mass is 10.0. The minimum atomic E-state index is -0.990. The van der Waals surface area contributed by atoms with Crippen LogP contribution in [0.5, 0.6) is 0 Å². The molecule has 0 radical (unpaired) electrons. The summed E-state index contributed by atoms with van der Waals surface area (Å²) in [7, 11) is 0. The van der Waals surface area contributed by atoms with Crippen molar-refractivity contribution in [2.24, 2.45) is 0 Å². The second kappa shape index (κ2) is 18.6. The number of halogens is 2. The van der Waals surface area contributed by atoms with E-state index >= 15 is 0 Å². The van der Waals surface area contributed by atoms with E-state index in [1.807, 2.05) is 0 Å². The lowest BCUT2D eigenvalue weighted by molar-refractivity contribution is -0.151. The number of benzene rings is 1. The topological polar surface area (TPSA) is 52.6 Å². The van der Waals surface area contributed by atoms with Gasteiger partial charge in [-0.2, -0.15) is 0 Å². The molecule has 4 nitrogen and oxygen atoms in total. The van der Waals surface area contributed by atoms with Gasteiger partial charge >= 0.3 is 11.9 Å². The molecule has 0 aliphatic carbocycles. The van der Waals surface area contributed by atoms with E-state index in [0.29, 0.717) is 12.2 Å². The van der Waals surface area contributed by atoms with E-state index in [2.05, 4.69) is 6.92 Å². The molecule has 182 valence electrons. The van der Waals surface area contributed by atoms with E-state index in [1.54, 1.807) is 0 Å². The van der Waals surface area contributed by atoms with Gasteiger partial charge in [-0.15, -0.1) is 0 Å². The molecule has 0 N–H and O–H groups in total. The summed E-state index contributed by atoms with van der Waals surface area (Å²) >= 11 is 0. The molecule has 0 saturated heterocycles. The van der Waals surface area contributed by atoms with Crippen LogP contribution in [0.4, 0.5) is 8.78 Å². The van der Waals surface area contributed by atoms with Crippen molar-refractivity contribution in [3.05, 3.63) is 35.4 Å². The summed E-state index contributed by atoms with van der Waals surface area (Å²) in [5.41, 5.74) is 0.349. The minimum Gasteiger partial charge on any atom is -0.466 e. The zero-order chi connectivity index (χ0) is 23.4. The standard InChI is InChI=1S/C26H40F2O4/c1-2-3-4-5-6-7-8-9-10-11-12-13-14-19-31-25(29)17-18-26(30)32-21-22-15-16-23(27)24(28)20-22/h15-16,20H,2-14,17-19,21H2,1H3. The molecule has 1 aromatic rings. The van der Waals surface area contributed by atoms with Gasteiger partial charge in [-0.25, -0.2) is 8.78 Å². The van der Waals surface area contributed by atoms with Crippen LogP contribution in [-0.2, 0) is 25.7 Å². The van der Waals surface area contributed by atoms with Gasteiger partial charge in [0, 0.05) is 0 Å². The Morgan fingerprint density at radius 2 is 1.19 bits per heavy atom. The molecule has 0 saturated carbocycles. The SMILES string of the molecule is CCCCCCCCCCCCCCCOC(=O)CCC(=O)OCc1ccc(F)c(F)c1. The number of hydrogen-bond donors (Lipinski definition) is 0. The Kier molecular flexibility index (Phi) is 16.3. The van der Waals surface area contributed by atoms with Crippen molar-refractivity contribution in [1.29, 1.82) is 0 Å². The molecule has 0 aliphatic heterocycles. The minimum absolute atomic E-state index is 0.0466. The van der Waals surface area contributed by atoms with Gasteiger partial charge < -0.3 is 9.47 Å². The number of unbranched alkanes of at least 4 members (excludes halogenated alkanes) is 12. The molecule has 0 atom stereocenters. The fourth-order valence-corrected chi connectivity index (χ4v) is 3.45. The summed E-state index contributed by atoms with van der Waals surface area (Å²) in [4.78, 5) is 23.4. The second-order valence-corrected chi connectivity index (χ2v) is 8.37. The normalized spacial score (nSPS) is 10.8. The summed E-state index contributed by atoms with van der Waals surface area (Å²) in [6.07, 6.45) is 16.2. The lowest BCUT2D eigenvalue weighted by Crippen LogP contribution is -2.11. The molecule has 32 heavy (non-hydrogen) atoms. The van der Waals surface area contributed by atoms with Crippen LogP contribution in [0.15, 0.2) is 18.2 Å². The third kappa shape index (κ3) is 14.9. The largest absolute Gasteiger partial charge is 0.466 e. The highest BCUT2D eigenvalue weighted by Gasteiger charge is 2.10. The molecule has 0 fully saturated rings. The first-order chi connectivity index (χ1) is 15.5. The summed E-state index contributed by atoms with van der Waals surface area (Å²) in [6.45, 7) is 2.46. The molecule has 0 aromatic heterocycles. The Labute approximate surface area is 192 Å².